The van der Waals surface area contributed by atoms with Gasteiger partial charge in [0.15, 0.2) is 0 Å². The molecule has 0 spiro atoms. The molecule has 0 N–H and O–H groups in total. The van der Waals surface area contributed by atoms with E-state index in [2.05, 4.69) is 12.6 Å². The molecule has 0 nitrogen and oxygen atoms in total. The van der Waals surface area contributed by atoms with Gasteiger partial charge in [0, 0.05) is 4.88 Å². The lowest BCUT2D eigenvalue weighted by Crippen LogP contribution is -1.79. The van der Waals surface area contributed by atoms with Crippen LogP contribution in [0.3, 0.4) is 0 Å². The first-order valence-corrected chi connectivity index (χ1v) is 4.56. The molecule has 0 fully saturated rings. The van der Waals surface area contributed by atoms with E-state index in [1.54, 1.807) is 11.3 Å². The van der Waals surface area contributed by atoms with Crippen LogP contribution in [0.2, 0.25) is 5.02 Å². The highest BCUT2D eigenvalue weighted by molar-refractivity contribution is 7.80. The topological polar surface area (TPSA) is 0 Å². The summed E-state index contributed by atoms with van der Waals surface area (Å²) in [7, 11) is 0. The Balaban J connectivity index is 2.69. The summed E-state index contributed by atoms with van der Waals surface area (Å²) in [5.74, 6) is 0.875. The van der Waals surface area contributed by atoms with Crippen LogP contribution in [-0.4, -0.2) is 5.75 Å². The number of thiophene rings is 1. The number of hydrogen-bond acceptors (Lipinski definition) is 2. The molecule has 0 radical (unpaired) electrons. The Morgan fingerprint density at radius 3 is 2.89 bits per heavy atom. The largest absolute Gasteiger partial charge is 0.179 e. The summed E-state index contributed by atoms with van der Waals surface area (Å²) in [6.07, 6.45) is 0.986. The molecule has 3 heteroatoms. The number of aryl methyl sites for hydroxylation is 1. The molecule has 1 aromatic heterocycles. The molecule has 9 heavy (non-hydrogen) atoms. The average Bonchev–Trinajstić information content (AvgIpc) is 2.18. The van der Waals surface area contributed by atoms with Crippen molar-refractivity contribution in [1.29, 1.82) is 0 Å². The first kappa shape index (κ1) is 7.45. The zero-order valence-electron chi connectivity index (χ0n) is 4.80. The summed E-state index contributed by atoms with van der Waals surface area (Å²) in [6.45, 7) is 0. The number of rotatable bonds is 2. The van der Waals surface area contributed by atoms with Crippen molar-refractivity contribution in [2.24, 2.45) is 0 Å². The van der Waals surface area contributed by atoms with Gasteiger partial charge < -0.3 is 0 Å². The lowest BCUT2D eigenvalue weighted by atomic mass is 10.4. The highest BCUT2D eigenvalue weighted by Gasteiger charge is 1.97. The zero-order valence-corrected chi connectivity index (χ0v) is 7.27. The summed E-state index contributed by atoms with van der Waals surface area (Å²) < 4.78 is 0. The Morgan fingerprint density at radius 1 is 1.67 bits per heavy atom. The minimum absolute atomic E-state index is 0.875. The Labute approximate surface area is 69.3 Å². The molecule has 0 aliphatic carbocycles. The molecule has 0 aromatic carbocycles. The highest BCUT2D eigenvalue weighted by Crippen LogP contribution is 2.22. The van der Waals surface area contributed by atoms with Crippen LogP contribution in [0.15, 0.2) is 11.4 Å². The van der Waals surface area contributed by atoms with Crippen LogP contribution in [0, 0.1) is 0 Å². The minimum atomic E-state index is 0.875. The third-order valence-electron chi connectivity index (χ3n) is 1.03. The number of halogens is 1. The van der Waals surface area contributed by atoms with Gasteiger partial charge in [-0.1, -0.05) is 11.6 Å². The fourth-order valence-electron chi connectivity index (χ4n) is 0.605. The van der Waals surface area contributed by atoms with E-state index in [9.17, 15) is 0 Å². The maximum atomic E-state index is 5.80. The van der Waals surface area contributed by atoms with Crippen LogP contribution in [0.5, 0.6) is 0 Å². The average molecular weight is 179 g/mol. The predicted molar refractivity (Wildman–Crippen MR) is 46.9 cm³/mol. The number of hydrogen-bond donors (Lipinski definition) is 1. The van der Waals surface area contributed by atoms with E-state index < -0.39 is 0 Å². The van der Waals surface area contributed by atoms with Crippen molar-refractivity contribution in [2.45, 2.75) is 6.42 Å². The smallest absolute Gasteiger partial charge is 0.0545 e. The van der Waals surface area contributed by atoms with E-state index in [1.165, 1.54) is 4.88 Å². The second kappa shape index (κ2) is 3.49. The standard InChI is InChI=1S/C6H7ClS2/c7-5-2-4-9-6(5)1-3-8/h2,4,8H,1,3H2. The fourth-order valence-corrected chi connectivity index (χ4v) is 2.11. The Bertz CT molecular complexity index is 183. The van der Waals surface area contributed by atoms with Gasteiger partial charge >= 0.3 is 0 Å². The molecule has 1 heterocycles. The van der Waals surface area contributed by atoms with Crippen LogP contribution < -0.4 is 0 Å². The van der Waals surface area contributed by atoms with Crippen molar-refractivity contribution in [2.75, 3.05) is 5.75 Å². The van der Waals surface area contributed by atoms with Gasteiger partial charge in [-0.25, -0.2) is 0 Å². The molecule has 0 atom stereocenters. The first-order valence-electron chi connectivity index (χ1n) is 2.67. The van der Waals surface area contributed by atoms with Crippen molar-refractivity contribution >= 4 is 35.6 Å². The van der Waals surface area contributed by atoms with E-state index in [-0.39, 0.29) is 0 Å². The molecule has 50 valence electrons. The van der Waals surface area contributed by atoms with Crippen LogP contribution in [0.4, 0.5) is 0 Å². The Morgan fingerprint density at radius 2 is 2.44 bits per heavy atom. The third kappa shape index (κ3) is 1.88. The van der Waals surface area contributed by atoms with E-state index in [1.807, 2.05) is 11.4 Å². The lowest BCUT2D eigenvalue weighted by Gasteiger charge is -1.90. The highest BCUT2D eigenvalue weighted by atomic mass is 35.5. The molecule has 0 aliphatic heterocycles. The van der Waals surface area contributed by atoms with Gasteiger partial charge in [0.2, 0.25) is 0 Å². The monoisotopic (exact) mass is 178 g/mol. The molecule has 0 bridgehead atoms. The van der Waals surface area contributed by atoms with Crippen molar-refractivity contribution in [1.82, 2.24) is 0 Å². The summed E-state index contributed by atoms with van der Waals surface area (Å²) in [5, 5.41) is 2.88. The number of thiol groups is 1. The van der Waals surface area contributed by atoms with Gasteiger partial charge in [-0.2, -0.15) is 12.6 Å². The van der Waals surface area contributed by atoms with E-state index in [4.69, 9.17) is 11.6 Å². The molecule has 0 saturated heterocycles. The quantitative estimate of drug-likeness (QED) is 0.662. The Kier molecular flexibility index (Phi) is 2.89. The maximum absolute atomic E-state index is 5.80. The fraction of sp³-hybridized carbons (Fsp3) is 0.333. The Hall–Kier alpha value is 0.340. The van der Waals surface area contributed by atoms with Crippen LogP contribution >= 0.6 is 35.6 Å². The summed E-state index contributed by atoms with van der Waals surface area (Å²) >= 11 is 11.6. The van der Waals surface area contributed by atoms with Crippen LogP contribution in [0.25, 0.3) is 0 Å². The van der Waals surface area contributed by atoms with E-state index in [0.29, 0.717) is 0 Å². The molecule has 0 amide bonds. The molecule has 1 aromatic rings. The second-order valence-electron chi connectivity index (χ2n) is 1.67. The molecular formula is C6H7ClS2. The van der Waals surface area contributed by atoms with E-state index >= 15 is 0 Å². The molecule has 1 rings (SSSR count). The van der Waals surface area contributed by atoms with Crippen molar-refractivity contribution < 1.29 is 0 Å². The van der Waals surface area contributed by atoms with Crippen molar-refractivity contribution in [3.8, 4) is 0 Å². The summed E-state index contributed by atoms with van der Waals surface area (Å²) in [5.41, 5.74) is 0. The van der Waals surface area contributed by atoms with Crippen LogP contribution in [0.1, 0.15) is 4.88 Å². The van der Waals surface area contributed by atoms with Gasteiger partial charge in [-0.3, -0.25) is 0 Å². The van der Waals surface area contributed by atoms with Gasteiger partial charge in [-0.15, -0.1) is 11.3 Å². The minimum Gasteiger partial charge on any atom is -0.179 e. The summed E-state index contributed by atoms with van der Waals surface area (Å²) in [4.78, 5) is 1.24. The normalized spacial score (nSPS) is 10.0. The first-order chi connectivity index (χ1) is 4.34. The summed E-state index contributed by atoms with van der Waals surface area (Å²) in [6, 6.07) is 1.92. The molecule has 0 saturated carbocycles. The van der Waals surface area contributed by atoms with Crippen LogP contribution in [-0.2, 0) is 6.42 Å². The van der Waals surface area contributed by atoms with Gasteiger partial charge in [-0.05, 0) is 23.6 Å². The van der Waals surface area contributed by atoms with E-state index in [0.717, 1.165) is 17.2 Å². The van der Waals surface area contributed by atoms with Crippen molar-refractivity contribution in [3.05, 3.63) is 21.3 Å². The zero-order chi connectivity index (χ0) is 6.69. The van der Waals surface area contributed by atoms with Gasteiger partial charge in [0.25, 0.3) is 0 Å². The molecule has 0 aliphatic rings. The predicted octanol–water partition coefficient (Wildman–Crippen LogP) is 2.87. The van der Waals surface area contributed by atoms with Crippen molar-refractivity contribution in [3.63, 3.8) is 0 Å². The SMILES string of the molecule is SCCc1sccc1Cl. The molecule has 0 unspecified atom stereocenters. The third-order valence-corrected chi connectivity index (χ3v) is 2.70. The lowest BCUT2D eigenvalue weighted by molar-refractivity contribution is 1.21. The van der Waals surface area contributed by atoms with Gasteiger partial charge in [0.1, 0.15) is 0 Å². The maximum Gasteiger partial charge on any atom is 0.0545 e. The second-order valence-corrected chi connectivity index (χ2v) is 3.52. The molecular weight excluding hydrogens is 172 g/mol. The van der Waals surface area contributed by atoms with Gasteiger partial charge in [0.05, 0.1) is 5.02 Å².